The van der Waals surface area contributed by atoms with Crippen LogP contribution in [0.1, 0.15) is 6.42 Å². The molecule has 4 heteroatoms. The van der Waals surface area contributed by atoms with Crippen molar-refractivity contribution in [2.24, 2.45) is 11.8 Å². The summed E-state index contributed by atoms with van der Waals surface area (Å²) in [6, 6.07) is 0. The van der Waals surface area contributed by atoms with Gasteiger partial charge in [0.05, 0.1) is 11.8 Å². The summed E-state index contributed by atoms with van der Waals surface area (Å²) in [6.07, 6.45) is 0.650. The van der Waals surface area contributed by atoms with E-state index in [9.17, 15) is 9.59 Å². The lowest BCUT2D eigenvalue weighted by Crippen LogP contribution is -2.10. The molecule has 0 N–H and O–H groups in total. The number of carbonyl (C=O) groups excluding carboxylic acids is 2. The van der Waals surface area contributed by atoms with Crippen LogP contribution in [0.4, 0.5) is 0 Å². The molecule has 2 nitrogen and oxygen atoms in total. The molecule has 0 heterocycles. The normalized spacial score (nSPS) is 28.2. The Hall–Kier alpha value is -0.0800. The molecule has 0 spiro atoms. The van der Waals surface area contributed by atoms with Gasteiger partial charge in [-0.05, 0) is 6.42 Å². The molecule has 0 amide bonds. The second-order valence-electron chi connectivity index (χ2n) is 2.65. The van der Waals surface area contributed by atoms with Crippen LogP contribution in [-0.4, -0.2) is 23.3 Å². The summed E-state index contributed by atoms with van der Waals surface area (Å²) in [6.45, 7) is 0. The topological polar surface area (TPSA) is 34.1 Å². The molecular weight excluding hydrogens is 187 g/mol. The Morgan fingerprint density at radius 1 is 1.09 bits per heavy atom. The number of alkyl halides is 2. The van der Waals surface area contributed by atoms with Crippen LogP contribution in [0.2, 0.25) is 0 Å². The second kappa shape index (κ2) is 3.55. The Morgan fingerprint density at radius 3 is 1.73 bits per heavy atom. The third kappa shape index (κ3) is 1.94. The van der Waals surface area contributed by atoms with Crippen molar-refractivity contribution < 1.29 is 9.59 Å². The molecule has 11 heavy (non-hydrogen) atoms. The van der Waals surface area contributed by atoms with Gasteiger partial charge in [-0.1, -0.05) is 0 Å². The summed E-state index contributed by atoms with van der Waals surface area (Å²) in [5.41, 5.74) is 0. The van der Waals surface area contributed by atoms with Crippen molar-refractivity contribution in [2.75, 3.05) is 11.8 Å². The van der Waals surface area contributed by atoms with Crippen molar-refractivity contribution in [1.82, 2.24) is 0 Å². The highest BCUT2D eigenvalue weighted by Gasteiger charge is 2.46. The average molecular weight is 195 g/mol. The second-order valence-corrected chi connectivity index (χ2v) is 3.18. The smallest absolute Gasteiger partial charge is 0.151 e. The third-order valence-corrected chi connectivity index (χ3v) is 2.41. The van der Waals surface area contributed by atoms with Gasteiger partial charge >= 0.3 is 0 Å². The van der Waals surface area contributed by atoms with Gasteiger partial charge in [0.2, 0.25) is 0 Å². The zero-order valence-electron chi connectivity index (χ0n) is 5.85. The van der Waals surface area contributed by atoms with Gasteiger partial charge < -0.3 is 0 Å². The molecule has 62 valence electrons. The van der Waals surface area contributed by atoms with Gasteiger partial charge in [0.25, 0.3) is 0 Å². The predicted molar refractivity (Wildman–Crippen MR) is 43.1 cm³/mol. The van der Waals surface area contributed by atoms with Crippen molar-refractivity contribution in [1.29, 1.82) is 0 Å². The van der Waals surface area contributed by atoms with Crippen LogP contribution < -0.4 is 0 Å². The van der Waals surface area contributed by atoms with E-state index in [1.165, 1.54) is 0 Å². The Bertz CT molecular complexity index is 171. The SMILES string of the molecule is O=C(CCl)C1CC1C(=O)CCl. The van der Waals surface area contributed by atoms with E-state index in [0.717, 1.165) is 0 Å². The molecule has 0 aliphatic heterocycles. The van der Waals surface area contributed by atoms with E-state index in [1.54, 1.807) is 0 Å². The van der Waals surface area contributed by atoms with E-state index >= 15 is 0 Å². The van der Waals surface area contributed by atoms with Crippen molar-refractivity contribution in [2.45, 2.75) is 6.42 Å². The minimum atomic E-state index is -0.126. The summed E-state index contributed by atoms with van der Waals surface area (Å²) in [4.78, 5) is 21.8. The highest BCUT2D eigenvalue weighted by Crippen LogP contribution is 2.40. The van der Waals surface area contributed by atoms with E-state index in [1.807, 2.05) is 0 Å². The van der Waals surface area contributed by atoms with Crippen molar-refractivity contribution >= 4 is 34.8 Å². The first-order valence-electron chi connectivity index (χ1n) is 3.38. The standard InChI is InChI=1S/C7H8Cl2O2/c8-2-6(10)4-1-5(4)7(11)3-9/h4-5H,1-3H2. The minimum absolute atomic E-state index is 0.0106. The van der Waals surface area contributed by atoms with Crippen LogP contribution in [-0.2, 0) is 9.59 Å². The summed E-state index contributed by atoms with van der Waals surface area (Å²) in [5.74, 6) is -0.296. The third-order valence-electron chi connectivity index (χ3n) is 1.88. The number of rotatable bonds is 4. The Balaban J connectivity index is 2.37. The molecule has 1 aliphatic rings. The number of carbonyl (C=O) groups is 2. The largest absolute Gasteiger partial charge is 0.298 e. The fourth-order valence-electron chi connectivity index (χ4n) is 1.10. The van der Waals surface area contributed by atoms with Gasteiger partial charge in [0.15, 0.2) is 11.6 Å². The summed E-state index contributed by atoms with van der Waals surface area (Å²) in [7, 11) is 0. The zero-order valence-corrected chi connectivity index (χ0v) is 7.36. The van der Waals surface area contributed by atoms with Crippen molar-refractivity contribution in [3.8, 4) is 0 Å². The molecule has 2 atom stereocenters. The summed E-state index contributed by atoms with van der Waals surface area (Å²) < 4.78 is 0. The van der Waals surface area contributed by atoms with E-state index < -0.39 is 0 Å². The maximum atomic E-state index is 10.9. The monoisotopic (exact) mass is 194 g/mol. The van der Waals surface area contributed by atoms with Gasteiger partial charge in [-0.3, -0.25) is 9.59 Å². The maximum Gasteiger partial charge on any atom is 0.151 e. The van der Waals surface area contributed by atoms with Crippen LogP contribution in [0, 0.1) is 11.8 Å². The lowest BCUT2D eigenvalue weighted by molar-refractivity contribution is -0.122. The predicted octanol–water partition coefficient (Wildman–Crippen LogP) is 1.24. The van der Waals surface area contributed by atoms with Gasteiger partial charge in [0, 0.05) is 11.8 Å². The number of ketones is 2. The van der Waals surface area contributed by atoms with Crippen LogP contribution in [0.5, 0.6) is 0 Å². The first-order chi connectivity index (χ1) is 5.20. The molecule has 0 aromatic carbocycles. The number of Topliss-reactive ketones (excluding diaryl/α,β-unsaturated/α-hetero) is 2. The van der Waals surface area contributed by atoms with E-state index in [2.05, 4.69) is 0 Å². The Kier molecular flexibility index (Phi) is 2.90. The molecule has 1 fully saturated rings. The van der Waals surface area contributed by atoms with Crippen molar-refractivity contribution in [3.05, 3.63) is 0 Å². The number of hydrogen-bond acceptors (Lipinski definition) is 2. The molecule has 0 bridgehead atoms. The lowest BCUT2D eigenvalue weighted by atomic mass is 10.2. The van der Waals surface area contributed by atoms with Crippen LogP contribution in [0.15, 0.2) is 0 Å². The first-order valence-corrected chi connectivity index (χ1v) is 4.45. The molecule has 0 aromatic rings. The highest BCUT2D eigenvalue weighted by molar-refractivity contribution is 6.30. The van der Waals surface area contributed by atoms with Gasteiger partial charge in [-0.25, -0.2) is 0 Å². The summed E-state index contributed by atoms with van der Waals surface area (Å²) in [5, 5.41) is 0. The van der Waals surface area contributed by atoms with E-state index in [4.69, 9.17) is 23.2 Å². The van der Waals surface area contributed by atoms with Crippen LogP contribution >= 0.6 is 23.2 Å². The average Bonchev–Trinajstić information content (AvgIpc) is 2.80. The molecular formula is C7H8Cl2O2. The Morgan fingerprint density at radius 2 is 1.45 bits per heavy atom. The maximum absolute atomic E-state index is 10.9. The molecule has 0 radical (unpaired) electrons. The van der Waals surface area contributed by atoms with Crippen LogP contribution in [0.25, 0.3) is 0 Å². The fourth-order valence-corrected chi connectivity index (χ4v) is 1.50. The van der Waals surface area contributed by atoms with Gasteiger partial charge in [-0.2, -0.15) is 0 Å². The minimum Gasteiger partial charge on any atom is -0.298 e. The fraction of sp³-hybridized carbons (Fsp3) is 0.714. The molecule has 2 unspecified atom stereocenters. The number of hydrogen-bond donors (Lipinski definition) is 0. The van der Waals surface area contributed by atoms with Gasteiger partial charge in [-0.15, -0.1) is 23.2 Å². The molecule has 0 saturated heterocycles. The molecule has 1 rings (SSSR count). The quantitative estimate of drug-likeness (QED) is 0.632. The molecule has 1 saturated carbocycles. The Labute approximate surface area is 74.9 Å². The lowest BCUT2D eigenvalue weighted by Gasteiger charge is -1.91. The van der Waals surface area contributed by atoms with Gasteiger partial charge in [0.1, 0.15) is 0 Å². The summed E-state index contributed by atoms with van der Waals surface area (Å²) >= 11 is 10.6. The first kappa shape index (κ1) is 9.01. The van der Waals surface area contributed by atoms with Crippen LogP contribution in [0.3, 0.4) is 0 Å². The molecule has 1 aliphatic carbocycles. The molecule has 0 aromatic heterocycles. The van der Waals surface area contributed by atoms with Crippen molar-refractivity contribution in [3.63, 3.8) is 0 Å². The highest BCUT2D eigenvalue weighted by atomic mass is 35.5. The van der Waals surface area contributed by atoms with E-state index in [-0.39, 0.29) is 35.2 Å². The zero-order chi connectivity index (χ0) is 8.43. The number of halogens is 2. The van der Waals surface area contributed by atoms with E-state index in [0.29, 0.717) is 6.42 Å².